The van der Waals surface area contributed by atoms with Gasteiger partial charge in [-0.3, -0.25) is 0 Å². The topological polar surface area (TPSA) is 44.3 Å². The van der Waals surface area contributed by atoms with Gasteiger partial charge in [0.2, 0.25) is 0 Å². The molecule has 1 heterocycles. The van der Waals surface area contributed by atoms with Gasteiger partial charge in [-0.15, -0.1) is 0 Å². The van der Waals surface area contributed by atoms with Crippen LogP contribution in [0.3, 0.4) is 0 Å². The van der Waals surface area contributed by atoms with Crippen molar-refractivity contribution in [1.82, 2.24) is 10.6 Å². The van der Waals surface area contributed by atoms with Gasteiger partial charge in [-0.25, -0.2) is 0 Å². The van der Waals surface area contributed by atoms with E-state index in [4.69, 9.17) is 0 Å². The first kappa shape index (κ1) is 14.3. The molecule has 3 heteroatoms. The van der Waals surface area contributed by atoms with Gasteiger partial charge >= 0.3 is 0 Å². The van der Waals surface area contributed by atoms with Crippen LogP contribution >= 0.6 is 0 Å². The Morgan fingerprint density at radius 2 is 1.94 bits per heavy atom. The van der Waals surface area contributed by atoms with Gasteiger partial charge in [-0.05, 0) is 58.0 Å². The minimum absolute atomic E-state index is 0.340. The Hall–Kier alpha value is -0.120. The van der Waals surface area contributed by atoms with E-state index < -0.39 is 5.60 Å². The van der Waals surface area contributed by atoms with E-state index in [1.807, 2.05) is 0 Å². The standard InChI is InChI=1S/C15H30N2O/c1-2-11-16-13-7-9-15(18,10-8-13)14-6-4-3-5-12-17-14/h13-14,16-18H,2-12H2,1H3. The molecular weight excluding hydrogens is 224 g/mol. The van der Waals surface area contributed by atoms with Crippen molar-refractivity contribution in [1.29, 1.82) is 0 Å². The summed E-state index contributed by atoms with van der Waals surface area (Å²) < 4.78 is 0. The van der Waals surface area contributed by atoms with Crippen LogP contribution in [0.25, 0.3) is 0 Å². The van der Waals surface area contributed by atoms with Crippen LogP contribution in [0.4, 0.5) is 0 Å². The van der Waals surface area contributed by atoms with Crippen LogP contribution in [0, 0.1) is 0 Å². The maximum Gasteiger partial charge on any atom is 0.0801 e. The van der Waals surface area contributed by atoms with E-state index in [2.05, 4.69) is 17.6 Å². The molecule has 0 aromatic heterocycles. The molecule has 2 rings (SSSR count). The third kappa shape index (κ3) is 3.69. The highest BCUT2D eigenvalue weighted by atomic mass is 16.3. The van der Waals surface area contributed by atoms with Crippen LogP contribution < -0.4 is 10.6 Å². The van der Waals surface area contributed by atoms with E-state index in [0.717, 1.165) is 45.2 Å². The summed E-state index contributed by atoms with van der Waals surface area (Å²) >= 11 is 0. The first-order valence-electron chi connectivity index (χ1n) is 7.94. The van der Waals surface area contributed by atoms with Crippen molar-refractivity contribution in [2.75, 3.05) is 13.1 Å². The lowest BCUT2D eigenvalue weighted by Crippen LogP contribution is -2.54. The van der Waals surface area contributed by atoms with Gasteiger partial charge in [-0.1, -0.05) is 19.8 Å². The molecule has 1 saturated heterocycles. The van der Waals surface area contributed by atoms with Gasteiger partial charge in [0.25, 0.3) is 0 Å². The lowest BCUT2D eigenvalue weighted by atomic mass is 9.76. The number of hydrogen-bond acceptors (Lipinski definition) is 3. The summed E-state index contributed by atoms with van der Waals surface area (Å²) in [6.07, 6.45) is 10.4. The van der Waals surface area contributed by atoms with Crippen LogP contribution in [0.2, 0.25) is 0 Å². The van der Waals surface area contributed by atoms with E-state index in [1.165, 1.54) is 25.7 Å². The first-order chi connectivity index (χ1) is 8.74. The predicted molar refractivity (Wildman–Crippen MR) is 75.8 cm³/mol. The second kappa shape index (κ2) is 6.88. The van der Waals surface area contributed by atoms with E-state index in [-0.39, 0.29) is 0 Å². The van der Waals surface area contributed by atoms with Crippen LogP contribution in [0.5, 0.6) is 0 Å². The fourth-order valence-corrected chi connectivity index (χ4v) is 3.51. The molecule has 0 aromatic carbocycles. The molecule has 2 fully saturated rings. The Morgan fingerprint density at radius 1 is 1.17 bits per heavy atom. The Balaban J connectivity index is 1.81. The molecule has 1 unspecified atom stereocenters. The Kier molecular flexibility index (Phi) is 5.46. The number of nitrogens with one attached hydrogen (secondary N) is 2. The third-order valence-corrected chi connectivity index (χ3v) is 4.74. The quantitative estimate of drug-likeness (QED) is 0.720. The van der Waals surface area contributed by atoms with Gasteiger partial charge in [0.05, 0.1) is 5.60 Å². The van der Waals surface area contributed by atoms with Crippen LogP contribution in [0.15, 0.2) is 0 Å². The maximum atomic E-state index is 10.9. The molecule has 0 spiro atoms. The zero-order valence-electron chi connectivity index (χ0n) is 11.9. The lowest BCUT2D eigenvalue weighted by molar-refractivity contribution is -0.0374. The van der Waals surface area contributed by atoms with Crippen LogP contribution in [-0.2, 0) is 0 Å². The number of hydrogen-bond donors (Lipinski definition) is 3. The summed E-state index contributed by atoms with van der Waals surface area (Å²) in [5.74, 6) is 0. The molecule has 106 valence electrons. The second-order valence-electron chi connectivity index (χ2n) is 6.19. The maximum absolute atomic E-state index is 10.9. The van der Waals surface area contributed by atoms with Gasteiger partial charge in [0, 0.05) is 12.1 Å². The van der Waals surface area contributed by atoms with Crippen LogP contribution in [-0.4, -0.2) is 35.9 Å². The molecule has 0 aromatic rings. The molecular formula is C15H30N2O. The van der Waals surface area contributed by atoms with Gasteiger partial charge < -0.3 is 15.7 Å². The van der Waals surface area contributed by atoms with E-state index in [9.17, 15) is 5.11 Å². The van der Waals surface area contributed by atoms with Crippen molar-refractivity contribution in [2.45, 2.75) is 82.4 Å². The minimum Gasteiger partial charge on any atom is -0.388 e. The normalized spacial score (nSPS) is 38.3. The fraction of sp³-hybridized carbons (Fsp3) is 1.00. The van der Waals surface area contributed by atoms with Gasteiger partial charge in [0.1, 0.15) is 0 Å². The predicted octanol–water partition coefficient (Wildman–Crippen LogP) is 2.19. The highest BCUT2D eigenvalue weighted by molar-refractivity contribution is 4.97. The summed E-state index contributed by atoms with van der Waals surface area (Å²) in [4.78, 5) is 0. The van der Waals surface area contributed by atoms with Crippen molar-refractivity contribution in [3.05, 3.63) is 0 Å². The summed E-state index contributed by atoms with van der Waals surface area (Å²) in [5, 5.41) is 18.0. The zero-order valence-corrected chi connectivity index (χ0v) is 11.9. The van der Waals surface area contributed by atoms with Crippen molar-refractivity contribution < 1.29 is 5.11 Å². The first-order valence-corrected chi connectivity index (χ1v) is 7.94. The fourth-order valence-electron chi connectivity index (χ4n) is 3.51. The number of rotatable bonds is 4. The third-order valence-electron chi connectivity index (χ3n) is 4.74. The Bertz CT molecular complexity index is 229. The largest absolute Gasteiger partial charge is 0.388 e. The molecule has 2 aliphatic rings. The summed E-state index contributed by atoms with van der Waals surface area (Å²) in [6, 6.07) is 0.975. The van der Waals surface area contributed by atoms with Crippen molar-refractivity contribution >= 4 is 0 Å². The number of aliphatic hydroxyl groups is 1. The summed E-state index contributed by atoms with van der Waals surface area (Å²) in [6.45, 7) is 4.41. The second-order valence-corrected chi connectivity index (χ2v) is 6.19. The summed E-state index contributed by atoms with van der Waals surface area (Å²) in [7, 11) is 0. The van der Waals surface area contributed by atoms with Crippen molar-refractivity contribution in [3.8, 4) is 0 Å². The van der Waals surface area contributed by atoms with E-state index in [1.54, 1.807) is 0 Å². The molecule has 0 amide bonds. The smallest absolute Gasteiger partial charge is 0.0801 e. The van der Waals surface area contributed by atoms with E-state index >= 15 is 0 Å². The summed E-state index contributed by atoms with van der Waals surface area (Å²) in [5.41, 5.74) is -0.436. The molecule has 1 aliphatic heterocycles. The van der Waals surface area contributed by atoms with Crippen molar-refractivity contribution in [2.24, 2.45) is 0 Å². The zero-order chi connectivity index (χ0) is 12.8. The molecule has 1 saturated carbocycles. The Labute approximate surface area is 112 Å². The molecule has 0 radical (unpaired) electrons. The molecule has 3 nitrogen and oxygen atoms in total. The van der Waals surface area contributed by atoms with Gasteiger partial charge in [0.15, 0.2) is 0 Å². The molecule has 1 aliphatic carbocycles. The highest BCUT2D eigenvalue weighted by Gasteiger charge is 2.39. The SMILES string of the molecule is CCCNC1CCC(O)(C2CCCCCN2)CC1. The average molecular weight is 254 g/mol. The lowest BCUT2D eigenvalue weighted by Gasteiger charge is -2.42. The monoisotopic (exact) mass is 254 g/mol. The van der Waals surface area contributed by atoms with Gasteiger partial charge in [-0.2, -0.15) is 0 Å². The molecule has 0 bridgehead atoms. The molecule has 18 heavy (non-hydrogen) atoms. The average Bonchev–Trinajstić information content (AvgIpc) is 2.67. The van der Waals surface area contributed by atoms with Crippen molar-refractivity contribution in [3.63, 3.8) is 0 Å². The molecule has 1 atom stereocenters. The minimum atomic E-state index is -0.436. The van der Waals surface area contributed by atoms with Crippen LogP contribution in [0.1, 0.15) is 64.7 Å². The van der Waals surface area contributed by atoms with E-state index in [0.29, 0.717) is 12.1 Å². The molecule has 3 N–H and O–H groups in total. The highest BCUT2D eigenvalue weighted by Crippen LogP contribution is 2.33. The Morgan fingerprint density at radius 3 is 2.67 bits per heavy atom.